The van der Waals surface area contributed by atoms with Crippen LogP contribution in [0.5, 0.6) is 0 Å². The summed E-state index contributed by atoms with van der Waals surface area (Å²) in [4.78, 5) is 11.4. The summed E-state index contributed by atoms with van der Waals surface area (Å²) in [5.74, 6) is -0.365. The molecule has 0 fully saturated rings. The Morgan fingerprint density at radius 2 is 2.06 bits per heavy atom. The molecule has 2 rings (SSSR count). The van der Waals surface area contributed by atoms with Gasteiger partial charge in [-0.15, -0.1) is 0 Å². The summed E-state index contributed by atoms with van der Waals surface area (Å²) in [6, 6.07) is 9.98. The molecule has 0 spiro atoms. The minimum absolute atomic E-state index is 0.334. The SMILES string of the molecule is C=C(C)C(=O)OC(C)n1ccc2ccccc21. The number of benzene rings is 1. The summed E-state index contributed by atoms with van der Waals surface area (Å²) in [5.41, 5.74) is 1.46. The van der Waals surface area contributed by atoms with E-state index in [0.717, 1.165) is 10.9 Å². The normalized spacial score (nSPS) is 12.4. The molecule has 1 heterocycles. The highest BCUT2D eigenvalue weighted by Gasteiger charge is 2.12. The summed E-state index contributed by atoms with van der Waals surface area (Å²) >= 11 is 0. The van der Waals surface area contributed by atoms with Gasteiger partial charge in [0.05, 0.1) is 5.52 Å². The first-order valence-corrected chi connectivity index (χ1v) is 5.51. The number of fused-ring (bicyclic) bond motifs is 1. The highest BCUT2D eigenvalue weighted by molar-refractivity contribution is 5.87. The molecule has 3 heteroatoms. The average molecular weight is 229 g/mol. The van der Waals surface area contributed by atoms with Crippen LogP contribution in [0.1, 0.15) is 20.1 Å². The molecule has 0 aliphatic rings. The molecule has 0 aliphatic carbocycles. The standard InChI is InChI=1S/C14H15NO2/c1-10(2)14(16)17-11(3)15-9-8-12-6-4-5-7-13(12)15/h4-9,11H,1H2,2-3H3. The van der Waals surface area contributed by atoms with Crippen molar-refractivity contribution in [3.05, 3.63) is 48.7 Å². The van der Waals surface area contributed by atoms with Crippen LogP contribution in [-0.2, 0) is 9.53 Å². The van der Waals surface area contributed by atoms with E-state index < -0.39 is 0 Å². The fourth-order valence-electron chi connectivity index (χ4n) is 1.73. The molecule has 0 aliphatic heterocycles. The van der Waals surface area contributed by atoms with Crippen LogP contribution in [0.2, 0.25) is 0 Å². The van der Waals surface area contributed by atoms with Gasteiger partial charge in [-0.05, 0) is 31.4 Å². The van der Waals surface area contributed by atoms with Gasteiger partial charge in [0, 0.05) is 11.8 Å². The maximum Gasteiger partial charge on any atom is 0.335 e. The van der Waals surface area contributed by atoms with Crippen LogP contribution in [0.15, 0.2) is 48.7 Å². The van der Waals surface area contributed by atoms with Crippen molar-refractivity contribution >= 4 is 16.9 Å². The molecule has 0 amide bonds. The lowest BCUT2D eigenvalue weighted by atomic mass is 10.2. The van der Waals surface area contributed by atoms with Gasteiger partial charge in [-0.25, -0.2) is 4.79 Å². The Kier molecular flexibility index (Phi) is 3.00. The van der Waals surface area contributed by atoms with Crippen LogP contribution in [0, 0.1) is 0 Å². The Morgan fingerprint density at radius 3 is 2.76 bits per heavy atom. The quantitative estimate of drug-likeness (QED) is 0.597. The van der Waals surface area contributed by atoms with Crippen LogP contribution in [0.25, 0.3) is 10.9 Å². The highest BCUT2D eigenvalue weighted by Crippen LogP contribution is 2.20. The molecule has 1 atom stereocenters. The Labute approximate surface area is 100 Å². The van der Waals surface area contributed by atoms with Crippen molar-refractivity contribution in [1.82, 2.24) is 4.57 Å². The lowest BCUT2D eigenvalue weighted by Gasteiger charge is -2.16. The van der Waals surface area contributed by atoms with Gasteiger partial charge < -0.3 is 9.30 Å². The zero-order valence-electron chi connectivity index (χ0n) is 10.0. The number of para-hydroxylation sites is 1. The van der Waals surface area contributed by atoms with E-state index in [1.54, 1.807) is 6.92 Å². The van der Waals surface area contributed by atoms with Crippen molar-refractivity contribution in [2.45, 2.75) is 20.1 Å². The molecule has 1 aromatic heterocycles. The third-order valence-corrected chi connectivity index (χ3v) is 2.65. The number of ether oxygens (including phenoxy) is 1. The molecule has 0 N–H and O–H groups in total. The molecule has 2 aromatic rings. The van der Waals surface area contributed by atoms with Crippen LogP contribution >= 0.6 is 0 Å². The second-order valence-electron chi connectivity index (χ2n) is 4.07. The summed E-state index contributed by atoms with van der Waals surface area (Å²) < 4.78 is 7.22. The molecule has 88 valence electrons. The maximum atomic E-state index is 11.4. The Bertz CT molecular complexity index is 568. The molecule has 0 saturated carbocycles. The second-order valence-corrected chi connectivity index (χ2v) is 4.07. The average Bonchev–Trinajstić information content (AvgIpc) is 2.72. The Balaban J connectivity index is 2.28. The van der Waals surface area contributed by atoms with Crippen molar-refractivity contribution in [3.8, 4) is 0 Å². The van der Waals surface area contributed by atoms with E-state index in [1.807, 2.05) is 48.0 Å². The van der Waals surface area contributed by atoms with Crippen LogP contribution in [0.4, 0.5) is 0 Å². The number of nitrogens with zero attached hydrogens (tertiary/aromatic N) is 1. The van der Waals surface area contributed by atoms with Crippen molar-refractivity contribution in [1.29, 1.82) is 0 Å². The second kappa shape index (κ2) is 4.45. The molecular formula is C14H15NO2. The van der Waals surface area contributed by atoms with Crippen molar-refractivity contribution < 1.29 is 9.53 Å². The fraction of sp³-hybridized carbons (Fsp3) is 0.214. The highest BCUT2D eigenvalue weighted by atomic mass is 16.6. The summed E-state index contributed by atoms with van der Waals surface area (Å²) in [6.07, 6.45) is 1.58. The van der Waals surface area contributed by atoms with Gasteiger partial charge in [0.2, 0.25) is 0 Å². The first-order chi connectivity index (χ1) is 8.09. The van der Waals surface area contributed by atoms with Crippen molar-refractivity contribution in [2.75, 3.05) is 0 Å². The van der Waals surface area contributed by atoms with Gasteiger partial charge in [0.25, 0.3) is 0 Å². The Hall–Kier alpha value is -2.03. The maximum absolute atomic E-state index is 11.4. The van der Waals surface area contributed by atoms with Gasteiger partial charge in [0.15, 0.2) is 6.23 Å². The third kappa shape index (κ3) is 2.23. The van der Waals surface area contributed by atoms with E-state index in [0.29, 0.717) is 5.57 Å². The van der Waals surface area contributed by atoms with E-state index in [2.05, 4.69) is 6.58 Å². The lowest BCUT2D eigenvalue weighted by molar-refractivity contribution is -0.147. The predicted octanol–water partition coefficient (Wildman–Crippen LogP) is 3.28. The topological polar surface area (TPSA) is 31.2 Å². The number of hydrogen-bond donors (Lipinski definition) is 0. The Morgan fingerprint density at radius 1 is 1.35 bits per heavy atom. The van der Waals surface area contributed by atoms with Crippen molar-refractivity contribution in [3.63, 3.8) is 0 Å². The summed E-state index contributed by atoms with van der Waals surface area (Å²) in [5, 5.41) is 1.13. The summed E-state index contributed by atoms with van der Waals surface area (Å²) in [7, 11) is 0. The number of carbonyl (C=O) groups is 1. The number of hydrogen-bond acceptors (Lipinski definition) is 2. The molecular weight excluding hydrogens is 214 g/mol. The van der Waals surface area contributed by atoms with E-state index in [-0.39, 0.29) is 12.2 Å². The van der Waals surface area contributed by atoms with Crippen molar-refractivity contribution in [2.24, 2.45) is 0 Å². The minimum Gasteiger partial charge on any atom is -0.438 e. The zero-order valence-corrected chi connectivity index (χ0v) is 10.0. The van der Waals surface area contributed by atoms with Gasteiger partial charge in [-0.2, -0.15) is 0 Å². The lowest BCUT2D eigenvalue weighted by Crippen LogP contribution is -2.14. The smallest absolute Gasteiger partial charge is 0.335 e. The molecule has 1 unspecified atom stereocenters. The predicted molar refractivity (Wildman–Crippen MR) is 67.6 cm³/mol. The molecule has 0 radical (unpaired) electrons. The number of esters is 1. The number of carbonyl (C=O) groups excluding carboxylic acids is 1. The van der Waals surface area contributed by atoms with Crippen LogP contribution in [0.3, 0.4) is 0 Å². The fourth-order valence-corrected chi connectivity index (χ4v) is 1.73. The van der Waals surface area contributed by atoms with E-state index in [1.165, 1.54) is 0 Å². The molecule has 0 saturated heterocycles. The van der Waals surface area contributed by atoms with Gasteiger partial charge in [-0.1, -0.05) is 24.8 Å². The molecule has 3 nitrogen and oxygen atoms in total. The summed E-state index contributed by atoms with van der Waals surface area (Å²) in [6.45, 7) is 7.05. The van der Waals surface area contributed by atoms with Crippen LogP contribution < -0.4 is 0 Å². The van der Waals surface area contributed by atoms with Gasteiger partial charge in [0.1, 0.15) is 0 Å². The minimum atomic E-state index is -0.365. The first-order valence-electron chi connectivity index (χ1n) is 5.51. The third-order valence-electron chi connectivity index (χ3n) is 2.65. The molecule has 1 aromatic carbocycles. The van der Waals surface area contributed by atoms with E-state index in [9.17, 15) is 4.79 Å². The first kappa shape index (κ1) is 11.5. The van der Waals surface area contributed by atoms with Gasteiger partial charge in [-0.3, -0.25) is 0 Å². The van der Waals surface area contributed by atoms with E-state index >= 15 is 0 Å². The largest absolute Gasteiger partial charge is 0.438 e. The van der Waals surface area contributed by atoms with E-state index in [4.69, 9.17) is 4.74 Å². The van der Waals surface area contributed by atoms with Crippen LogP contribution in [-0.4, -0.2) is 10.5 Å². The monoisotopic (exact) mass is 229 g/mol. The number of rotatable bonds is 3. The number of aromatic nitrogens is 1. The van der Waals surface area contributed by atoms with Gasteiger partial charge >= 0.3 is 5.97 Å². The zero-order chi connectivity index (χ0) is 12.4. The molecule has 17 heavy (non-hydrogen) atoms. The molecule has 0 bridgehead atoms.